The van der Waals surface area contributed by atoms with E-state index in [0.29, 0.717) is 11.5 Å². The quantitative estimate of drug-likeness (QED) is 0.756. The fourth-order valence-electron chi connectivity index (χ4n) is 1.66. The first-order valence-electron chi connectivity index (χ1n) is 5.59. The normalized spacial score (nSPS) is 10.5. The highest BCUT2D eigenvalue weighted by atomic mass is 79.9. The van der Waals surface area contributed by atoms with Crippen LogP contribution in [0.4, 0.5) is 4.39 Å². The van der Waals surface area contributed by atoms with E-state index < -0.39 is 6.86 Å². The van der Waals surface area contributed by atoms with Gasteiger partial charge in [-0.3, -0.25) is 0 Å². The summed E-state index contributed by atoms with van der Waals surface area (Å²) in [4.78, 5) is 5.70. The van der Waals surface area contributed by atoms with Gasteiger partial charge in [0, 0.05) is 15.8 Å². The molecule has 102 valence electrons. The van der Waals surface area contributed by atoms with E-state index in [1.54, 1.807) is 23.5 Å². The van der Waals surface area contributed by atoms with E-state index in [1.165, 1.54) is 7.11 Å². The maximum absolute atomic E-state index is 12.4. The summed E-state index contributed by atoms with van der Waals surface area (Å²) in [6, 6.07) is 5.39. The van der Waals surface area contributed by atoms with Crippen molar-refractivity contribution in [2.45, 2.75) is 12.3 Å². The maximum Gasteiger partial charge on any atom is 0.228 e. The number of nitrogens with zero attached hydrogens (tertiary/aromatic N) is 1. The van der Waals surface area contributed by atoms with Crippen LogP contribution in [0.15, 0.2) is 18.2 Å². The summed E-state index contributed by atoms with van der Waals surface area (Å²) < 4.78 is 22.4. The number of hydrogen-bond acceptors (Lipinski definition) is 4. The van der Waals surface area contributed by atoms with Crippen molar-refractivity contribution < 1.29 is 13.9 Å². The van der Waals surface area contributed by atoms with Crippen LogP contribution in [0.25, 0.3) is 10.6 Å². The summed E-state index contributed by atoms with van der Waals surface area (Å²) in [5.41, 5.74) is 1.91. The highest BCUT2D eigenvalue weighted by Crippen LogP contribution is 2.35. The van der Waals surface area contributed by atoms with Crippen LogP contribution in [-0.2, 0) is 5.33 Å². The zero-order chi connectivity index (χ0) is 13.8. The molecule has 0 N–H and O–H groups in total. The summed E-state index contributed by atoms with van der Waals surface area (Å²) in [5.74, 6) is 0.895. The Hall–Kier alpha value is -1.14. The summed E-state index contributed by atoms with van der Waals surface area (Å²) >= 11 is 5.01. The van der Waals surface area contributed by atoms with Crippen molar-refractivity contribution in [2.75, 3.05) is 14.0 Å². The van der Waals surface area contributed by atoms with Gasteiger partial charge in [0.1, 0.15) is 5.01 Å². The summed E-state index contributed by atoms with van der Waals surface area (Å²) in [7, 11) is 1.52. The molecule has 0 atom stereocenters. The molecule has 0 saturated carbocycles. The fourth-order valence-corrected chi connectivity index (χ4v) is 3.31. The van der Waals surface area contributed by atoms with E-state index in [1.807, 2.05) is 13.0 Å². The number of benzene rings is 1. The Labute approximate surface area is 123 Å². The predicted molar refractivity (Wildman–Crippen MR) is 78.1 cm³/mol. The molecule has 3 nitrogen and oxygen atoms in total. The number of alkyl halides is 2. The molecule has 0 aliphatic rings. The van der Waals surface area contributed by atoms with E-state index in [-0.39, 0.29) is 0 Å². The largest absolute Gasteiger partial charge is 0.493 e. The van der Waals surface area contributed by atoms with Gasteiger partial charge in [-0.25, -0.2) is 9.37 Å². The third kappa shape index (κ3) is 3.06. The zero-order valence-electron chi connectivity index (χ0n) is 10.6. The van der Waals surface area contributed by atoms with Crippen molar-refractivity contribution in [2.24, 2.45) is 0 Å². The molecule has 0 bridgehead atoms. The van der Waals surface area contributed by atoms with E-state index >= 15 is 0 Å². The second kappa shape index (κ2) is 6.34. The summed E-state index contributed by atoms with van der Waals surface area (Å²) in [6.07, 6.45) is 0. The van der Waals surface area contributed by atoms with E-state index in [0.717, 1.165) is 26.5 Å². The number of rotatable bonds is 5. The molecule has 1 heterocycles. The molecule has 1 aromatic carbocycles. The average molecular weight is 346 g/mol. The van der Waals surface area contributed by atoms with Crippen LogP contribution in [0.5, 0.6) is 11.5 Å². The van der Waals surface area contributed by atoms with Crippen molar-refractivity contribution in [3.8, 4) is 22.1 Å². The first kappa shape index (κ1) is 14.3. The topological polar surface area (TPSA) is 31.4 Å². The predicted octanol–water partition coefficient (Wildman–Crippen LogP) is 4.33. The Kier molecular flexibility index (Phi) is 4.76. The Balaban J connectivity index is 2.41. The zero-order valence-corrected chi connectivity index (χ0v) is 13.0. The molecule has 0 aliphatic carbocycles. The summed E-state index contributed by atoms with van der Waals surface area (Å²) in [6.45, 7) is 1.14. The first-order valence-corrected chi connectivity index (χ1v) is 7.52. The van der Waals surface area contributed by atoms with Crippen molar-refractivity contribution >= 4 is 27.3 Å². The molecular weight excluding hydrogens is 333 g/mol. The molecule has 1 aromatic heterocycles. The Morgan fingerprint density at radius 2 is 2.16 bits per heavy atom. The second-order valence-corrected chi connectivity index (χ2v) is 5.54. The van der Waals surface area contributed by atoms with Gasteiger partial charge in [0.25, 0.3) is 0 Å². The molecule has 2 rings (SSSR count). The van der Waals surface area contributed by atoms with Gasteiger partial charge in [0.05, 0.1) is 12.8 Å². The van der Waals surface area contributed by atoms with Crippen LogP contribution in [0, 0.1) is 6.92 Å². The lowest BCUT2D eigenvalue weighted by molar-refractivity contribution is 0.185. The van der Waals surface area contributed by atoms with Gasteiger partial charge < -0.3 is 9.47 Å². The molecule has 2 aromatic rings. The van der Waals surface area contributed by atoms with E-state index in [4.69, 9.17) is 9.47 Å². The van der Waals surface area contributed by atoms with Crippen LogP contribution >= 0.6 is 27.3 Å². The molecule has 0 amide bonds. The average Bonchev–Trinajstić information content (AvgIpc) is 2.80. The fraction of sp³-hybridized carbons (Fsp3) is 0.308. The number of ether oxygens (including phenoxy) is 2. The minimum atomic E-state index is -0.886. The van der Waals surface area contributed by atoms with Crippen LogP contribution < -0.4 is 9.47 Å². The van der Waals surface area contributed by atoms with Crippen molar-refractivity contribution in [3.05, 3.63) is 28.8 Å². The van der Waals surface area contributed by atoms with E-state index in [9.17, 15) is 4.39 Å². The number of hydrogen-bond donors (Lipinski definition) is 0. The highest BCUT2D eigenvalue weighted by Gasteiger charge is 2.12. The SMILES string of the molecule is COc1ccc(-c2nc(CBr)c(C)s2)cc1OCF. The van der Waals surface area contributed by atoms with Gasteiger partial charge in [0.2, 0.25) is 6.86 Å². The lowest BCUT2D eigenvalue weighted by Gasteiger charge is -2.08. The van der Waals surface area contributed by atoms with Crippen molar-refractivity contribution in [1.29, 1.82) is 0 Å². The maximum atomic E-state index is 12.4. The van der Waals surface area contributed by atoms with Gasteiger partial charge >= 0.3 is 0 Å². The van der Waals surface area contributed by atoms with Gasteiger partial charge in [-0.2, -0.15) is 0 Å². The Bertz CT molecular complexity index is 574. The third-order valence-electron chi connectivity index (χ3n) is 2.64. The second-order valence-electron chi connectivity index (χ2n) is 3.77. The van der Waals surface area contributed by atoms with Gasteiger partial charge in [-0.15, -0.1) is 11.3 Å². The van der Waals surface area contributed by atoms with Crippen LogP contribution in [-0.4, -0.2) is 19.0 Å². The van der Waals surface area contributed by atoms with Crippen molar-refractivity contribution in [3.63, 3.8) is 0 Å². The minimum absolute atomic E-state index is 0.385. The molecule has 0 unspecified atom stereocenters. The molecule has 0 spiro atoms. The molecule has 0 radical (unpaired) electrons. The molecule has 0 saturated heterocycles. The number of methoxy groups -OCH3 is 1. The van der Waals surface area contributed by atoms with Gasteiger partial charge in [0.15, 0.2) is 11.5 Å². The number of thiazole rings is 1. The van der Waals surface area contributed by atoms with Crippen LogP contribution in [0.2, 0.25) is 0 Å². The van der Waals surface area contributed by atoms with Gasteiger partial charge in [-0.05, 0) is 25.1 Å². The molecule has 0 fully saturated rings. The lowest BCUT2D eigenvalue weighted by Crippen LogP contribution is -1.94. The molecule has 19 heavy (non-hydrogen) atoms. The van der Waals surface area contributed by atoms with E-state index in [2.05, 4.69) is 20.9 Å². The smallest absolute Gasteiger partial charge is 0.228 e. The standard InChI is InChI=1S/C13H13BrFNO2S/c1-8-10(6-14)16-13(19-8)9-3-4-11(17-2)12(5-9)18-7-15/h3-5H,6-7H2,1-2H3. The Morgan fingerprint density at radius 1 is 1.37 bits per heavy atom. The number of aryl methyl sites for hydroxylation is 1. The monoisotopic (exact) mass is 345 g/mol. The molecule has 6 heteroatoms. The van der Waals surface area contributed by atoms with Crippen LogP contribution in [0.3, 0.4) is 0 Å². The molecule has 0 aliphatic heterocycles. The highest BCUT2D eigenvalue weighted by molar-refractivity contribution is 9.08. The van der Waals surface area contributed by atoms with Gasteiger partial charge in [-0.1, -0.05) is 15.9 Å². The third-order valence-corrected chi connectivity index (χ3v) is 4.23. The lowest BCUT2D eigenvalue weighted by atomic mass is 10.2. The number of aromatic nitrogens is 1. The van der Waals surface area contributed by atoms with Crippen LogP contribution in [0.1, 0.15) is 10.6 Å². The minimum Gasteiger partial charge on any atom is -0.493 e. The molecular formula is C13H13BrFNO2S. The Morgan fingerprint density at radius 3 is 2.74 bits per heavy atom. The first-order chi connectivity index (χ1) is 9.19. The van der Waals surface area contributed by atoms with Crippen molar-refractivity contribution in [1.82, 2.24) is 4.98 Å². The summed E-state index contributed by atoms with van der Waals surface area (Å²) in [5, 5.41) is 1.61. The number of halogens is 2.